The first-order chi connectivity index (χ1) is 22.6. The molecule has 4 aromatic rings. The number of esters is 1. The standard InChI is InChI=1S/C35H37N3O9Si/c1-8-23-24-16-22(47-48(6,7)34(3,4)5)14-15-28(24)36-30-25(23)18-37-29(30)17-27-26(31(37)39)19-44-32(40)35(27,9-2)46-33(41)45-21-12-10-20(11-13-21)38(42)43/h10-17H,8-9,18-19H2,1-7H3/t35-/m0/s1. The van der Waals surface area contributed by atoms with Gasteiger partial charge in [0.15, 0.2) is 0 Å². The summed E-state index contributed by atoms with van der Waals surface area (Å²) in [5.74, 6) is -0.0734. The largest absolute Gasteiger partial charge is 0.543 e. The van der Waals surface area contributed by atoms with E-state index in [-0.39, 0.29) is 52.7 Å². The van der Waals surface area contributed by atoms with Crippen molar-refractivity contribution in [2.24, 2.45) is 0 Å². The summed E-state index contributed by atoms with van der Waals surface area (Å²) in [5, 5.41) is 12.0. The van der Waals surface area contributed by atoms with E-state index >= 15 is 0 Å². The Hall–Kier alpha value is -5.04. The molecule has 0 saturated carbocycles. The lowest BCUT2D eigenvalue weighted by Gasteiger charge is -2.36. The average molecular weight is 672 g/mol. The molecule has 2 aromatic heterocycles. The quantitative estimate of drug-likeness (QED) is 0.0574. The number of carbonyl (C=O) groups excluding carboxylic acids is 2. The summed E-state index contributed by atoms with van der Waals surface area (Å²) in [5.41, 5.74) is 1.71. The van der Waals surface area contributed by atoms with Gasteiger partial charge in [-0.05, 0) is 72.9 Å². The highest BCUT2D eigenvalue weighted by atomic mass is 28.4. The number of nitrogens with zero attached hydrogens (tertiary/aromatic N) is 3. The van der Waals surface area contributed by atoms with Gasteiger partial charge >= 0.3 is 12.1 Å². The minimum atomic E-state index is -2.09. The van der Waals surface area contributed by atoms with E-state index in [0.717, 1.165) is 27.8 Å². The summed E-state index contributed by atoms with van der Waals surface area (Å²) in [6.45, 7) is 14.7. The van der Waals surface area contributed by atoms with Crippen LogP contribution < -0.4 is 14.7 Å². The number of benzene rings is 2. The SMILES string of the molecule is CCc1c2c(nc3ccc(O[Si](C)(C)C(C)(C)C)cc13)-c1cc3c(c(=O)n1C2)COC(=O)[C@@]3(CC)OC(=O)Oc1ccc([N+](=O)[O-])cc1. The number of carbonyl (C=O) groups is 2. The van der Waals surface area contributed by atoms with Crippen molar-refractivity contribution in [1.82, 2.24) is 9.55 Å². The number of nitro groups is 1. The number of aromatic nitrogens is 2. The monoisotopic (exact) mass is 671 g/mol. The van der Waals surface area contributed by atoms with E-state index in [0.29, 0.717) is 17.8 Å². The molecule has 0 bridgehead atoms. The molecule has 0 fully saturated rings. The third kappa shape index (κ3) is 5.31. The van der Waals surface area contributed by atoms with Crippen LogP contribution in [0.2, 0.25) is 18.1 Å². The van der Waals surface area contributed by atoms with Gasteiger partial charge in [0.2, 0.25) is 13.9 Å². The predicted octanol–water partition coefficient (Wildman–Crippen LogP) is 7.16. The molecule has 6 rings (SSSR count). The number of non-ortho nitro benzene ring substituents is 1. The highest BCUT2D eigenvalue weighted by Crippen LogP contribution is 2.43. The van der Waals surface area contributed by atoms with Gasteiger partial charge in [-0.1, -0.05) is 34.6 Å². The van der Waals surface area contributed by atoms with Crippen LogP contribution in [0.25, 0.3) is 22.3 Å². The second kappa shape index (κ2) is 11.6. The summed E-state index contributed by atoms with van der Waals surface area (Å²) in [4.78, 5) is 55.9. The van der Waals surface area contributed by atoms with Crippen LogP contribution in [-0.2, 0) is 39.4 Å². The zero-order chi connectivity index (χ0) is 34.8. The Balaban J connectivity index is 1.41. The van der Waals surface area contributed by atoms with E-state index in [4.69, 9.17) is 23.6 Å². The molecular formula is C35H37N3O9Si. The number of fused-ring (bicyclic) bond motifs is 5. The van der Waals surface area contributed by atoms with Gasteiger partial charge in [0.25, 0.3) is 11.2 Å². The summed E-state index contributed by atoms with van der Waals surface area (Å²) < 4.78 is 24.6. The Morgan fingerprint density at radius 1 is 1.06 bits per heavy atom. The molecule has 0 unspecified atom stereocenters. The molecule has 0 saturated heterocycles. The van der Waals surface area contributed by atoms with E-state index in [9.17, 15) is 24.5 Å². The number of rotatable bonds is 7. The fourth-order valence-electron chi connectivity index (χ4n) is 6.11. The summed E-state index contributed by atoms with van der Waals surface area (Å²) in [6, 6.07) is 12.4. The molecule has 2 aromatic carbocycles. The molecule has 0 amide bonds. The number of hydrogen-bond donors (Lipinski definition) is 0. The number of ether oxygens (including phenoxy) is 3. The highest BCUT2D eigenvalue weighted by Gasteiger charge is 2.51. The zero-order valence-corrected chi connectivity index (χ0v) is 29.0. The molecule has 2 aliphatic heterocycles. The van der Waals surface area contributed by atoms with Crippen molar-refractivity contribution < 1.29 is 33.1 Å². The lowest BCUT2D eigenvalue weighted by atomic mass is 9.85. The Kier molecular flexibility index (Phi) is 7.93. The molecule has 12 nitrogen and oxygen atoms in total. The molecule has 250 valence electrons. The van der Waals surface area contributed by atoms with Crippen molar-refractivity contribution in [2.45, 2.75) is 84.3 Å². The second-order valence-electron chi connectivity index (χ2n) is 13.6. The van der Waals surface area contributed by atoms with Crippen LogP contribution in [0, 0.1) is 10.1 Å². The maximum Gasteiger partial charge on any atom is 0.515 e. The van der Waals surface area contributed by atoms with Gasteiger partial charge in [0.1, 0.15) is 18.1 Å². The van der Waals surface area contributed by atoms with E-state index in [1.165, 1.54) is 24.3 Å². The van der Waals surface area contributed by atoms with Crippen molar-refractivity contribution >= 4 is 37.0 Å². The van der Waals surface area contributed by atoms with E-state index in [1.54, 1.807) is 17.6 Å². The first-order valence-electron chi connectivity index (χ1n) is 15.8. The maximum atomic E-state index is 14.0. The third-order valence-electron chi connectivity index (χ3n) is 9.78. The highest BCUT2D eigenvalue weighted by molar-refractivity contribution is 6.74. The lowest BCUT2D eigenvalue weighted by Crippen LogP contribution is -2.47. The average Bonchev–Trinajstić information content (AvgIpc) is 3.39. The van der Waals surface area contributed by atoms with E-state index < -0.39 is 31.0 Å². The molecule has 0 spiro atoms. The Morgan fingerprint density at radius 2 is 1.75 bits per heavy atom. The van der Waals surface area contributed by atoms with Crippen molar-refractivity contribution in [3.05, 3.63) is 91.3 Å². The van der Waals surface area contributed by atoms with Crippen molar-refractivity contribution in [1.29, 1.82) is 0 Å². The minimum Gasteiger partial charge on any atom is -0.543 e. The van der Waals surface area contributed by atoms with Crippen LogP contribution in [0.3, 0.4) is 0 Å². The fraction of sp³-hybridized carbons (Fsp3) is 0.371. The summed E-state index contributed by atoms with van der Waals surface area (Å²) >= 11 is 0. The van der Waals surface area contributed by atoms with Gasteiger partial charge in [-0.2, -0.15) is 0 Å². The molecule has 0 N–H and O–H groups in total. The maximum absolute atomic E-state index is 14.0. The Morgan fingerprint density at radius 3 is 2.38 bits per heavy atom. The number of pyridine rings is 2. The fourth-order valence-corrected chi connectivity index (χ4v) is 7.13. The lowest BCUT2D eigenvalue weighted by molar-refractivity contribution is -0.384. The van der Waals surface area contributed by atoms with Crippen molar-refractivity contribution in [2.75, 3.05) is 0 Å². The number of cyclic esters (lactones) is 1. The second-order valence-corrected chi connectivity index (χ2v) is 18.3. The molecule has 0 radical (unpaired) electrons. The van der Waals surface area contributed by atoms with Gasteiger partial charge < -0.3 is 23.2 Å². The normalized spacial score (nSPS) is 16.9. The summed E-state index contributed by atoms with van der Waals surface area (Å²) in [6.07, 6.45) is -0.595. The Labute approximate surface area is 277 Å². The minimum absolute atomic E-state index is 0.0229. The zero-order valence-electron chi connectivity index (χ0n) is 28.0. The van der Waals surface area contributed by atoms with Crippen molar-refractivity contribution in [3.8, 4) is 22.9 Å². The van der Waals surface area contributed by atoms with Crippen LogP contribution in [0.4, 0.5) is 10.5 Å². The van der Waals surface area contributed by atoms with Crippen LogP contribution in [0.5, 0.6) is 11.5 Å². The van der Waals surface area contributed by atoms with Gasteiger partial charge in [-0.3, -0.25) is 14.9 Å². The van der Waals surface area contributed by atoms with Crippen LogP contribution in [0.1, 0.15) is 63.3 Å². The molecule has 48 heavy (non-hydrogen) atoms. The first kappa shape index (κ1) is 32.9. The topological polar surface area (TPSA) is 149 Å². The number of aryl methyl sites for hydroxylation is 1. The molecule has 1 atom stereocenters. The van der Waals surface area contributed by atoms with Crippen LogP contribution in [-0.4, -0.2) is 34.9 Å². The smallest absolute Gasteiger partial charge is 0.515 e. The van der Waals surface area contributed by atoms with Crippen LogP contribution in [0.15, 0.2) is 53.3 Å². The van der Waals surface area contributed by atoms with Crippen molar-refractivity contribution in [3.63, 3.8) is 0 Å². The Bertz CT molecular complexity index is 2070. The van der Waals surface area contributed by atoms with Gasteiger partial charge in [-0.25, -0.2) is 14.6 Å². The molecule has 2 aliphatic rings. The number of hydrogen-bond acceptors (Lipinski definition) is 10. The summed E-state index contributed by atoms with van der Waals surface area (Å²) in [7, 11) is -2.09. The number of nitro benzene ring substituents is 1. The van der Waals surface area contributed by atoms with Crippen LogP contribution >= 0.6 is 0 Å². The van der Waals surface area contributed by atoms with Gasteiger partial charge in [0.05, 0.1) is 33.9 Å². The van der Waals surface area contributed by atoms with Gasteiger partial charge in [-0.15, -0.1) is 0 Å². The van der Waals surface area contributed by atoms with E-state index in [2.05, 4.69) is 40.8 Å². The molecule has 4 heterocycles. The van der Waals surface area contributed by atoms with E-state index in [1.807, 2.05) is 18.2 Å². The molecular weight excluding hydrogens is 634 g/mol. The third-order valence-corrected chi connectivity index (χ3v) is 14.1. The molecule has 0 aliphatic carbocycles. The first-order valence-corrected chi connectivity index (χ1v) is 18.8. The molecule has 13 heteroatoms. The predicted molar refractivity (Wildman–Crippen MR) is 180 cm³/mol. The van der Waals surface area contributed by atoms with Gasteiger partial charge in [0, 0.05) is 28.6 Å².